The highest BCUT2D eigenvalue weighted by Crippen LogP contribution is 2.49. The summed E-state index contributed by atoms with van der Waals surface area (Å²) in [5.74, 6) is 0.695. The molecule has 0 radical (unpaired) electrons. The van der Waals surface area contributed by atoms with Crippen LogP contribution in [0, 0.1) is 0 Å². The summed E-state index contributed by atoms with van der Waals surface area (Å²) in [6.45, 7) is 0. The second-order valence-corrected chi connectivity index (χ2v) is 10.6. The molecule has 0 saturated heterocycles. The average molecular weight is 510 g/mol. The summed E-state index contributed by atoms with van der Waals surface area (Å²) in [4.78, 5) is 10.5. The topological polar surface area (TPSA) is 30.7 Å². The molecule has 0 unspecified atom stereocenters. The Balaban J connectivity index is 1.50. The van der Waals surface area contributed by atoms with E-state index in [9.17, 15) is 0 Å². The molecule has 0 saturated carbocycles. The SMILES string of the molecule is c1ccc(-c2nc(-n3c4ccccc4c4c5c(c6ccccc6c43)Cc3ccccc3-5)nc3ccccc23)cc1. The van der Waals surface area contributed by atoms with Gasteiger partial charge in [-0.25, -0.2) is 9.97 Å². The molecule has 3 nitrogen and oxygen atoms in total. The van der Waals surface area contributed by atoms with Gasteiger partial charge in [0, 0.05) is 27.1 Å². The van der Waals surface area contributed by atoms with E-state index in [0.717, 1.165) is 34.1 Å². The van der Waals surface area contributed by atoms with E-state index < -0.39 is 0 Å². The molecule has 2 heterocycles. The fourth-order valence-corrected chi connectivity index (χ4v) is 6.76. The van der Waals surface area contributed by atoms with Crippen molar-refractivity contribution >= 4 is 43.5 Å². The molecule has 1 aliphatic rings. The van der Waals surface area contributed by atoms with E-state index in [1.165, 1.54) is 49.3 Å². The van der Waals surface area contributed by atoms with Gasteiger partial charge in [0.15, 0.2) is 0 Å². The Labute approximate surface area is 231 Å². The predicted molar refractivity (Wildman–Crippen MR) is 165 cm³/mol. The first-order valence-electron chi connectivity index (χ1n) is 13.7. The van der Waals surface area contributed by atoms with E-state index in [0.29, 0.717) is 5.95 Å². The molecule has 6 aromatic carbocycles. The van der Waals surface area contributed by atoms with E-state index in [2.05, 4.69) is 126 Å². The molecule has 0 spiro atoms. The monoisotopic (exact) mass is 509 g/mol. The van der Waals surface area contributed by atoms with Crippen molar-refractivity contribution < 1.29 is 0 Å². The summed E-state index contributed by atoms with van der Waals surface area (Å²) >= 11 is 0. The van der Waals surface area contributed by atoms with Crippen molar-refractivity contribution in [2.45, 2.75) is 6.42 Å². The Hall–Kier alpha value is -5.28. The van der Waals surface area contributed by atoms with Crippen molar-refractivity contribution in [1.29, 1.82) is 0 Å². The third-order valence-corrected chi connectivity index (χ3v) is 8.43. The lowest BCUT2D eigenvalue weighted by molar-refractivity contribution is 1.02. The standard InChI is InChI=1S/C37H23N3/c1-2-12-23(13-3-1)35-28-18-8-10-20-31(28)38-37(39-35)40-32-21-11-9-19-29(32)34-33-25-15-5-4-14-24(25)22-30(33)26-16-6-7-17-27(26)36(34)40/h1-21H,22H2. The normalized spacial score (nSPS) is 12.4. The minimum Gasteiger partial charge on any atom is -0.277 e. The van der Waals surface area contributed by atoms with Gasteiger partial charge in [-0.2, -0.15) is 0 Å². The third-order valence-electron chi connectivity index (χ3n) is 8.43. The van der Waals surface area contributed by atoms with Gasteiger partial charge >= 0.3 is 0 Å². The first-order valence-corrected chi connectivity index (χ1v) is 13.7. The number of hydrogen-bond acceptors (Lipinski definition) is 2. The zero-order chi connectivity index (χ0) is 26.2. The van der Waals surface area contributed by atoms with Crippen molar-refractivity contribution in [3.8, 4) is 28.3 Å². The second kappa shape index (κ2) is 8.11. The number of hydrogen-bond donors (Lipinski definition) is 0. The molecule has 1 aliphatic carbocycles. The molecule has 0 N–H and O–H groups in total. The van der Waals surface area contributed by atoms with Gasteiger partial charge < -0.3 is 0 Å². The van der Waals surface area contributed by atoms with Crippen LogP contribution < -0.4 is 0 Å². The third kappa shape index (κ3) is 2.89. The molecule has 0 bridgehead atoms. The summed E-state index contributed by atoms with van der Waals surface area (Å²) in [7, 11) is 0. The number of para-hydroxylation sites is 2. The molecule has 186 valence electrons. The highest BCUT2D eigenvalue weighted by molar-refractivity contribution is 6.26. The summed E-state index contributed by atoms with van der Waals surface area (Å²) in [5.41, 5.74) is 10.7. The Kier molecular flexibility index (Phi) is 4.39. The first-order chi connectivity index (χ1) is 19.9. The summed E-state index contributed by atoms with van der Waals surface area (Å²) in [6, 6.07) is 45.2. The van der Waals surface area contributed by atoms with Crippen LogP contribution in [0.2, 0.25) is 0 Å². The Morgan fingerprint density at radius 3 is 2.10 bits per heavy atom. The number of fused-ring (bicyclic) bond motifs is 11. The zero-order valence-corrected chi connectivity index (χ0v) is 21.7. The lowest BCUT2D eigenvalue weighted by Crippen LogP contribution is -2.04. The minimum atomic E-state index is 0.695. The zero-order valence-electron chi connectivity index (χ0n) is 21.7. The van der Waals surface area contributed by atoms with Gasteiger partial charge in [0.25, 0.3) is 0 Å². The first kappa shape index (κ1) is 21.6. The predicted octanol–water partition coefficient (Wildman–Crippen LogP) is 9.12. The van der Waals surface area contributed by atoms with E-state index in [1.807, 2.05) is 6.07 Å². The number of nitrogens with zero attached hydrogens (tertiary/aromatic N) is 3. The maximum absolute atomic E-state index is 5.31. The van der Waals surface area contributed by atoms with Crippen molar-refractivity contribution in [2.75, 3.05) is 0 Å². The van der Waals surface area contributed by atoms with Gasteiger partial charge in [0.2, 0.25) is 5.95 Å². The molecule has 2 aromatic heterocycles. The number of aromatic nitrogens is 3. The van der Waals surface area contributed by atoms with Gasteiger partial charge in [-0.05, 0) is 46.2 Å². The van der Waals surface area contributed by atoms with Crippen molar-refractivity contribution in [3.63, 3.8) is 0 Å². The molecule has 0 fully saturated rings. The highest BCUT2D eigenvalue weighted by atomic mass is 15.2. The van der Waals surface area contributed by atoms with Crippen LogP contribution in [0.5, 0.6) is 0 Å². The van der Waals surface area contributed by atoms with Gasteiger partial charge in [-0.15, -0.1) is 0 Å². The van der Waals surface area contributed by atoms with E-state index in [4.69, 9.17) is 9.97 Å². The van der Waals surface area contributed by atoms with E-state index in [-0.39, 0.29) is 0 Å². The fraction of sp³-hybridized carbons (Fsp3) is 0.0270. The van der Waals surface area contributed by atoms with Gasteiger partial charge in [-0.3, -0.25) is 4.57 Å². The lowest BCUT2D eigenvalue weighted by atomic mass is 9.93. The van der Waals surface area contributed by atoms with Crippen molar-refractivity contribution in [1.82, 2.24) is 14.5 Å². The maximum atomic E-state index is 5.31. The second-order valence-electron chi connectivity index (χ2n) is 10.6. The summed E-state index contributed by atoms with van der Waals surface area (Å²) < 4.78 is 2.30. The van der Waals surface area contributed by atoms with Crippen LogP contribution in [0.15, 0.2) is 127 Å². The van der Waals surface area contributed by atoms with Crippen LogP contribution in [0.3, 0.4) is 0 Å². The van der Waals surface area contributed by atoms with Crippen LogP contribution in [-0.4, -0.2) is 14.5 Å². The maximum Gasteiger partial charge on any atom is 0.235 e. The molecule has 40 heavy (non-hydrogen) atoms. The Morgan fingerprint density at radius 2 is 1.23 bits per heavy atom. The highest BCUT2D eigenvalue weighted by Gasteiger charge is 2.28. The van der Waals surface area contributed by atoms with Crippen LogP contribution in [0.25, 0.3) is 71.8 Å². The van der Waals surface area contributed by atoms with E-state index >= 15 is 0 Å². The smallest absolute Gasteiger partial charge is 0.235 e. The van der Waals surface area contributed by atoms with Gasteiger partial charge in [0.05, 0.1) is 22.2 Å². The van der Waals surface area contributed by atoms with Crippen LogP contribution in [0.4, 0.5) is 0 Å². The Bertz CT molecular complexity index is 2290. The van der Waals surface area contributed by atoms with Gasteiger partial charge in [-0.1, -0.05) is 115 Å². The molecule has 3 heteroatoms. The molecule has 8 aromatic rings. The summed E-state index contributed by atoms with van der Waals surface area (Å²) in [5, 5.41) is 6.10. The molecular formula is C37H23N3. The number of benzene rings is 6. The largest absolute Gasteiger partial charge is 0.277 e. The van der Waals surface area contributed by atoms with Crippen LogP contribution >= 0.6 is 0 Å². The Morgan fingerprint density at radius 1 is 0.550 bits per heavy atom. The van der Waals surface area contributed by atoms with Gasteiger partial charge in [0.1, 0.15) is 0 Å². The molecule has 0 aliphatic heterocycles. The van der Waals surface area contributed by atoms with E-state index in [1.54, 1.807) is 0 Å². The molecule has 0 atom stereocenters. The van der Waals surface area contributed by atoms with Crippen LogP contribution in [0.1, 0.15) is 11.1 Å². The van der Waals surface area contributed by atoms with Crippen LogP contribution in [-0.2, 0) is 6.42 Å². The quantitative estimate of drug-likeness (QED) is 0.233. The van der Waals surface area contributed by atoms with Crippen molar-refractivity contribution in [3.05, 3.63) is 139 Å². The molecular weight excluding hydrogens is 486 g/mol. The fourth-order valence-electron chi connectivity index (χ4n) is 6.76. The lowest BCUT2D eigenvalue weighted by Gasteiger charge is -2.14. The molecule has 9 rings (SSSR count). The van der Waals surface area contributed by atoms with Crippen molar-refractivity contribution in [2.24, 2.45) is 0 Å². The average Bonchev–Trinajstić information content (AvgIpc) is 3.58. The summed E-state index contributed by atoms with van der Waals surface area (Å²) in [6.07, 6.45) is 0.950. The number of rotatable bonds is 2. The minimum absolute atomic E-state index is 0.695. The molecule has 0 amide bonds.